The molecule has 0 radical (unpaired) electrons. The minimum Gasteiger partial charge on any atom is -0.133 e. The molecule has 4 heteroatoms. The van der Waals surface area contributed by atoms with Crippen LogP contribution in [0.3, 0.4) is 0 Å². The second-order valence-corrected chi connectivity index (χ2v) is 4.62. The van der Waals surface area contributed by atoms with Crippen LogP contribution in [0.2, 0.25) is 0 Å². The van der Waals surface area contributed by atoms with Gasteiger partial charge in [0.2, 0.25) is 0 Å². The van der Waals surface area contributed by atoms with Crippen LogP contribution in [0, 0.1) is 0 Å². The van der Waals surface area contributed by atoms with Gasteiger partial charge in [0.15, 0.2) is 0 Å². The van der Waals surface area contributed by atoms with Crippen LogP contribution in [0.15, 0.2) is 60.7 Å². The van der Waals surface area contributed by atoms with Crippen LogP contribution >= 0.6 is 8.25 Å². The number of benzene rings is 2. The second kappa shape index (κ2) is 6.41. The molecule has 0 heterocycles. The molecule has 0 bridgehead atoms. The van der Waals surface area contributed by atoms with Crippen LogP contribution in [-0.4, -0.2) is 4.89 Å². The van der Waals surface area contributed by atoms with Crippen molar-refractivity contribution in [1.82, 2.24) is 0 Å². The van der Waals surface area contributed by atoms with Crippen LogP contribution in [0.5, 0.6) is 0 Å². The fourth-order valence-corrected chi connectivity index (χ4v) is 2.23. The summed E-state index contributed by atoms with van der Waals surface area (Å²) in [5.74, 6) is 0. The second-order valence-electron chi connectivity index (χ2n) is 3.93. The maximum absolute atomic E-state index is 10.9. The van der Waals surface area contributed by atoms with Gasteiger partial charge in [-0.25, -0.2) is 0 Å². The maximum Gasteiger partial charge on any atom is 0.695 e. The molecule has 0 amide bonds. The van der Waals surface area contributed by atoms with E-state index in [1.807, 2.05) is 60.7 Å². The summed E-state index contributed by atoms with van der Waals surface area (Å²) in [6.45, 7) is 0. The molecule has 2 aromatic rings. The van der Waals surface area contributed by atoms with Gasteiger partial charge in [-0.15, -0.1) is 9.42 Å². The van der Waals surface area contributed by atoms with E-state index >= 15 is 0 Å². The van der Waals surface area contributed by atoms with Gasteiger partial charge in [0.1, 0.15) is 6.10 Å². The third kappa shape index (κ3) is 3.74. The Balaban J connectivity index is 2.18. The Labute approximate surface area is 107 Å². The van der Waals surface area contributed by atoms with E-state index in [1.165, 1.54) is 0 Å². The van der Waals surface area contributed by atoms with Crippen molar-refractivity contribution in [3.63, 3.8) is 0 Å². The predicted molar refractivity (Wildman–Crippen MR) is 70.2 cm³/mol. The van der Waals surface area contributed by atoms with E-state index in [-0.39, 0.29) is 0 Å². The largest absolute Gasteiger partial charge is 0.695 e. The summed E-state index contributed by atoms with van der Waals surface area (Å²) in [4.78, 5) is 8.95. The minimum atomic E-state index is -2.61. The molecule has 0 aliphatic rings. The van der Waals surface area contributed by atoms with Crippen LogP contribution in [0.4, 0.5) is 0 Å². The smallest absolute Gasteiger partial charge is 0.133 e. The fourth-order valence-electron chi connectivity index (χ4n) is 1.82. The lowest BCUT2D eigenvalue weighted by Gasteiger charge is -2.10. The summed E-state index contributed by atoms with van der Waals surface area (Å²) in [5.41, 5.74) is 1.97. The average Bonchev–Trinajstić information content (AvgIpc) is 2.40. The predicted octanol–water partition coefficient (Wildman–Crippen LogP) is 3.64. The number of rotatable bonds is 5. The summed E-state index contributed by atoms with van der Waals surface area (Å²) < 4.78 is 16.0. The first-order valence-electron chi connectivity index (χ1n) is 5.67. The molecule has 92 valence electrons. The first-order chi connectivity index (χ1) is 8.75. The highest BCUT2D eigenvalue weighted by atomic mass is 31.1. The summed E-state index contributed by atoms with van der Waals surface area (Å²) in [6, 6.07) is 19.2. The quantitative estimate of drug-likeness (QED) is 0.836. The molecule has 1 N–H and O–H groups in total. The summed E-state index contributed by atoms with van der Waals surface area (Å²) in [6.07, 6.45) is 0.175. The lowest BCUT2D eigenvalue weighted by atomic mass is 10.0. The van der Waals surface area contributed by atoms with Gasteiger partial charge in [-0.2, -0.15) is 0 Å². The topological polar surface area (TPSA) is 46.5 Å². The molecule has 0 aromatic heterocycles. The molecule has 2 unspecified atom stereocenters. The van der Waals surface area contributed by atoms with Crippen molar-refractivity contribution < 1.29 is 14.0 Å². The van der Waals surface area contributed by atoms with E-state index < -0.39 is 14.4 Å². The average molecular weight is 261 g/mol. The Bertz CT molecular complexity index is 499. The zero-order chi connectivity index (χ0) is 12.8. The summed E-state index contributed by atoms with van der Waals surface area (Å²) >= 11 is 0. The third-order valence-electron chi connectivity index (χ3n) is 2.65. The maximum atomic E-state index is 10.9. The molecule has 18 heavy (non-hydrogen) atoms. The van der Waals surface area contributed by atoms with Crippen molar-refractivity contribution in [2.75, 3.05) is 0 Å². The van der Waals surface area contributed by atoms with Gasteiger partial charge in [0.05, 0.1) is 0 Å². The Hall–Kier alpha value is -1.54. The first-order valence-corrected chi connectivity index (χ1v) is 6.80. The zero-order valence-corrected chi connectivity index (χ0v) is 10.7. The van der Waals surface area contributed by atoms with E-state index in [4.69, 9.17) is 9.42 Å². The molecular weight excluding hydrogens is 247 g/mol. The van der Waals surface area contributed by atoms with E-state index in [0.29, 0.717) is 6.42 Å². The Kier molecular flexibility index (Phi) is 4.59. The molecule has 2 aromatic carbocycles. The monoisotopic (exact) mass is 261 g/mol. The standard InChI is InChI=1S/C14H13O3P/c15-18(16)17-14(13-9-5-2-6-10-13)11-12-7-3-1-4-8-12/h1-10,14H,11H2/p+1. The third-order valence-corrected chi connectivity index (χ3v) is 3.09. The van der Waals surface area contributed by atoms with Crippen molar-refractivity contribution in [3.8, 4) is 0 Å². The van der Waals surface area contributed by atoms with E-state index in [1.54, 1.807) is 0 Å². The number of hydrogen-bond acceptors (Lipinski definition) is 2. The number of hydrogen-bond donors (Lipinski definition) is 1. The van der Waals surface area contributed by atoms with Crippen molar-refractivity contribution in [2.45, 2.75) is 12.5 Å². The van der Waals surface area contributed by atoms with Gasteiger partial charge >= 0.3 is 8.25 Å². The fraction of sp³-hybridized carbons (Fsp3) is 0.143. The van der Waals surface area contributed by atoms with Gasteiger partial charge in [-0.3, -0.25) is 0 Å². The lowest BCUT2D eigenvalue weighted by molar-refractivity contribution is 0.191. The van der Waals surface area contributed by atoms with Gasteiger partial charge in [-0.05, 0) is 11.1 Å². The van der Waals surface area contributed by atoms with Crippen molar-refractivity contribution in [1.29, 1.82) is 0 Å². The van der Waals surface area contributed by atoms with Crippen molar-refractivity contribution >= 4 is 8.25 Å². The zero-order valence-electron chi connectivity index (χ0n) is 9.77. The van der Waals surface area contributed by atoms with Crippen LogP contribution in [-0.2, 0) is 15.5 Å². The van der Waals surface area contributed by atoms with Crippen LogP contribution in [0.25, 0.3) is 0 Å². The molecule has 0 aliphatic carbocycles. The Morgan fingerprint density at radius 2 is 1.56 bits per heavy atom. The molecule has 0 fully saturated rings. The van der Waals surface area contributed by atoms with E-state index in [2.05, 4.69) is 0 Å². The first kappa shape index (κ1) is 12.9. The Morgan fingerprint density at radius 1 is 1.00 bits per heavy atom. The van der Waals surface area contributed by atoms with Gasteiger partial charge < -0.3 is 0 Å². The minimum absolute atomic E-state index is 0.401. The van der Waals surface area contributed by atoms with E-state index in [0.717, 1.165) is 11.1 Å². The molecule has 3 nitrogen and oxygen atoms in total. The molecule has 0 saturated carbocycles. The summed E-state index contributed by atoms with van der Waals surface area (Å²) in [5, 5.41) is 0. The van der Waals surface area contributed by atoms with Crippen molar-refractivity contribution in [2.24, 2.45) is 0 Å². The highest BCUT2D eigenvalue weighted by Crippen LogP contribution is 2.31. The molecule has 2 rings (SSSR count). The normalized spacial score (nSPS) is 13.1. The summed E-state index contributed by atoms with van der Waals surface area (Å²) in [7, 11) is -2.61. The Morgan fingerprint density at radius 3 is 2.11 bits per heavy atom. The van der Waals surface area contributed by atoms with Gasteiger partial charge in [0.25, 0.3) is 0 Å². The molecule has 0 spiro atoms. The lowest BCUT2D eigenvalue weighted by Crippen LogP contribution is -2.04. The van der Waals surface area contributed by atoms with Crippen molar-refractivity contribution in [3.05, 3.63) is 71.8 Å². The molecule has 0 aliphatic heterocycles. The highest BCUT2D eigenvalue weighted by molar-refractivity contribution is 7.32. The van der Waals surface area contributed by atoms with Crippen LogP contribution < -0.4 is 0 Å². The highest BCUT2D eigenvalue weighted by Gasteiger charge is 2.24. The molecule has 0 saturated heterocycles. The van der Waals surface area contributed by atoms with Gasteiger partial charge in [0, 0.05) is 11.0 Å². The SMILES string of the molecule is O=[P+](O)OC(Cc1ccccc1)c1ccccc1. The van der Waals surface area contributed by atoms with E-state index in [9.17, 15) is 4.57 Å². The van der Waals surface area contributed by atoms with Gasteiger partial charge in [-0.1, -0.05) is 60.7 Å². The van der Waals surface area contributed by atoms with Crippen LogP contribution in [0.1, 0.15) is 17.2 Å². The molecule has 2 atom stereocenters. The molecular formula is C14H14O3P+.